The molecule has 0 unspecified atom stereocenters. The van der Waals surface area contributed by atoms with Crippen LogP contribution in [-0.4, -0.2) is 43.0 Å². The number of para-hydroxylation sites is 1. The second-order valence-electron chi connectivity index (χ2n) is 7.54. The number of alkyl halides is 3. The molecule has 0 radical (unpaired) electrons. The first kappa shape index (κ1) is 29.8. The molecule has 2 aromatic carbocycles. The first-order valence-electron chi connectivity index (χ1n) is 10.1. The Hall–Kier alpha value is -2.26. The SMILES string of the molecule is CN(C)C(=O)c1cc(NCCCNCc2ccc(Cl)c(C(F)(F)F)c2)nc2ccccc12.Cl.Cl. The molecule has 0 fully saturated rings. The van der Waals surface area contributed by atoms with Crippen LogP contribution >= 0.6 is 36.4 Å². The van der Waals surface area contributed by atoms with E-state index in [1.165, 1.54) is 11.0 Å². The van der Waals surface area contributed by atoms with E-state index in [1.807, 2.05) is 24.3 Å². The molecule has 1 aromatic heterocycles. The van der Waals surface area contributed by atoms with Crippen LogP contribution in [0.15, 0.2) is 48.5 Å². The summed E-state index contributed by atoms with van der Waals surface area (Å²) in [6.45, 7) is 1.48. The Morgan fingerprint density at radius 1 is 1.06 bits per heavy atom. The summed E-state index contributed by atoms with van der Waals surface area (Å²) in [5, 5.41) is 6.83. The molecule has 1 heterocycles. The number of hydrogen-bond donors (Lipinski definition) is 2. The summed E-state index contributed by atoms with van der Waals surface area (Å²) in [7, 11) is 3.41. The van der Waals surface area contributed by atoms with Crippen molar-refractivity contribution in [3.8, 4) is 0 Å². The maximum atomic E-state index is 13.0. The number of nitrogens with zero attached hydrogens (tertiary/aromatic N) is 2. The highest BCUT2D eigenvalue weighted by atomic mass is 35.5. The van der Waals surface area contributed by atoms with Gasteiger partial charge in [-0.05, 0) is 42.8 Å². The van der Waals surface area contributed by atoms with Gasteiger partial charge in [-0.2, -0.15) is 13.2 Å². The lowest BCUT2D eigenvalue weighted by molar-refractivity contribution is -0.137. The van der Waals surface area contributed by atoms with Gasteiger partial charge in [0.05, 0.1) is 21.7 Å². The molecule has 3 rings (SSSR count). The summed E-state index contributed by atoms with van der Waals surface area (Å²) in [5.41, 5.74) is 0.983. The van der Waals surface area contributed by atoms with Gasteiger partial charge in [-0.15, -0.1) is 24.8 Å². The van der Waals surface area contributed by atoms with Gasteiger partial charge in [-0.25, -0.2) is 4.98 Å². The minimum absolute atomic E-state index is 0. The predicted octanol–water partition coefficient (Wildman–Crippen LogP) is 6.04. The monoisotopic (exact) mass is 536 g/mol. The molecule has 2 N–H and O–H groups in total. The standard InChI is InChI=1S/C23H24ClF3N4O.2ClH/c1-31(2)22(32)17-13-21(30-20-7-4-3-6-16(17)20)29-11-5-10-28-14-15-8-9-19(24)18(12-15)23(25,26)27;;/h3-4,6-9,12-13,28H,5,10-11,14H2,1-2H3,(H,29,30);2*1H. The van der Waals surface area contributed by atoms with Crippen molar-refractivity contribution in [1.82, 2.24) is 15.2 Å². The zero-order valence-electron chi connectivity index (χ0n) is 18.6. The Labute approximate surface area is 213 Å². The zero-order valence-corrected chi connectivity index (χ0v) is 21.0. The normalized spacial score (nSPS) is 10.9. The summed E-state index contributed by atoms with van der Waals surface area (Å²) in [6.07, 6.45) is -3.76. The molecule has 0 spiro atoms. The number of pyridine rings is 1. The molecule has 11 heteroatoms. The van der Waals surface area contributed by atoms with Crippen molar-refractivity contribution in [3.05, 3.63) is 70.2 Å². The number of carbonyl (C=O) groups excluding carboxylic acids is 1. The minimum atomic E-state index is -4.48. The van der Waals surface area contributed by atoms with E-state index in [1.54, 1.807) is 26.2 Å². The van der Waals surface area contributed by atoms with Crippen molar-refractivity contribution in [1.29, 1.82) is 0 Å². The third-order valence-electron chi connectivity index (χ3n) is 4.85. The van der Waals surface area contributed by atoms with Crippen LogP contribution in [0, 0.1) is 0 Å². The Balaban J connectivity index is 0.00000289. The number of benzene rings is 2. The lowest BCUT2D eigenvalue weighted by Gasteiger charge is -2.14. The van der Waals surface area contributed by atoms with Gasteiger partial charge in [0.25, 0.3) is 5.91 Å². The zero-order chi connectivity index (χ0) is 23.3. The number of rotatable bonds is 8. The van der Waals surface area contributed by atoms with Gasteiger partial charge in [0.1, 0.15) is 5.82 Å². The maximum Gasteiger partial charge on any atom is 0.417 e. The van der Waals surface area contributed by atoms with Crippen LogP contribution in [0.3, 0.4) is 0 Å². The van der Waals surface area contributed by atoms with E-state index in [4.69, 9.17) is 11.6 Å². The van der Waals surface area contributed by atoms with Crippen LogP contribution in [-0.2, 0) is 12.7 Å². The topological polar surface area (TPSA) is 57.3 Å². The first-order chi connectivity index (χ1) is 15.2. The van der Waals surface area contributed by atoms with Crippen LogP contribution in [0.4, 0.5) is 19.0 Å². The Morgan fingerprint density at radius 3 is 2.44 bits per heavy atom. The second kappa shape index (κ2) is 13.0. The number of anilines is 1. The molecular weight excluding hydrogens is 512 g/mol. The minimum Gasteiger partial charge on any atom is -0.370 e. The average molecular weight is 538 g/mol. The van der Waals surface area contributed by atoms with Crippen molar-refractivity contribution < 1.29 is 18.0 Å². The van der Waals surface area contributed by atoms with E-state index in [0.717, 1.165) is 17.0 Å². The molecule has 0 atom stereocenters. The van der Waals surface area contributed by atoms with Gasteiger partial charge in [-0.1, -0.05) is 35.9 Å². The molecule has 0 aliphatic heterocycles. The molecule has 0 saturated carbocycles. The number of amides is 1. The first-order valence-corrected chi connectivity index (χ1v) is 10.5. The van der Waals surface area contributed by atoms with Gasteiger partial charge in [0.15, 0.2) is 0 Å². The van der Waals surface area contributed by atoms with Crippen LogP contribution in [0.2, 0.25) is 5.02 Å². The van der Waals surface area contributed by atoms with Crippen LogP contribution < -0.4 is 10.6 Å². The molecular formula is C23H26Cl3F3N4O. The van der Waals surface area contributed by atoms with Gasteiger partial charge in [0.2, 0.25) is 0 Å². The average Bonchev–Trinajstić information content (AvgIpc) is 2.75. The summed E-state index contributed by atoms with van der Waals surface area (Å²) in [4.78, 5) is 18.6. The summed E-state index contributed by atoms with van der Waals surface area (Å²) in [6, 6.07) is 13.1. The van der Waals surface area contributed by atoms with Crippen molar-refractivity contribution in [2.45, 2.75) is 19.1 Å². The molecule has 34 heavy (non-hydrogen) atoms. The number of carbonyl (C=O) groups is 1. The largest absolute Gasteiger partial charge is 0.417 e. The number of aromatic nitrogens is 1. The summed E-state index contributed by atoms with van der Waals surface area (Å²) in [5.74, 6) is 0.496. The third kappa shape index (κ3) is 7.63. The second-order valence-corrected chi connectivity index (χ2v) is 7.95. The van der Waals surface area contributed by atoms with Crippen molar-refractivity contribution in [3.63, 3.8) is 0 Å². The van der Waals surface area contributed by atoms with E-state index >= 15 is 0 Å². The van der Waals surface area contributed by atoms with Crippen molar-refractivity contribution in [2.24, 2.45) is 0 Å². The van der Waals surface area contributed by atoms with E-state index in [0.29, 0.717) is 43.0 Å². The lowest BCUT2D eigenvalue weighted by Crippen LogP contribution is -2.22. The highest BCUT2D eigenvalue weighted by Gasteiger charge is 2.33. The Morgan fingerprint density at radius 2 is 1.76 bits per heavy atom. The van der Waals surface area contributed by atoms with E-state index < -0.39 is 11.7 Å². The molecule has 3 aromatic rings. The molecule has 186 valence electrons. The van der Waals surface area contributed by atoms with Gasteiger partial charge in [0, 0.05) is 32.6 Å². The van der Waals surface area contributed by atoms with Gasteiger partial charge < -0.3 is 15.5 Å². The van der Waals surface area contributed by atoms with E-state index in [-0.39, 0.29) is 35.7 Å². The highest BCUT2D eigenvalue weighted by molar-refractivity contribution is 6.31. The molecule has 5 nitrogen and oxygen atoms in total. The summed E-state index contributed by atoms with van der Waals surface area (Å²) >= 11 is 5.65. The van der Waals surface area contributed by atoms with E-state index in [9.17, 15) is 18.0 Å². The van der Waals surface area contributed by atoms with Crippen LogP contribution in [0.1, 0.15) is 27.9 Å². The fraction of sp³-hybridized carbons (Fsp3) is 0.304. The maximum absolute atomic E-state index is 13.0. The number of halogens is 6. The fourth-order valence-electron chi connectivity index (χ4n) is 3.25. The Kier molecular flexibility index (Phi) is 11.4. The molecule has 0 bridgehead atoms. The van der Waals surface area contributed by atoms with Crippen LogP contribution in [0.25, 0.3) is 10.9 Å². The molecule has 0 saturated heterocycles. The number of fused-ring (bicyclic) bond motifs is 1. The van der Waals surface area contributed by atoms with Crippen molar-refractivity contribution >= 4 is 59.0 Å². The van der Waals surface area contributed by atoms with E-state index in [2.05, 4.69) is 15.6 Å². The Bertz CT molecular complexity index is 1110. The van der Waals surface area contributed by atoms with Crippen molar-refractivity contribution in [2.75, 3.05) is 32.5 Å². The summed E-state index contributed by atoms with van der Waals surface area (Å²) < 4.78 is 38.9. The highest BCUT2D eigenvalue weighted by Crippen LogP contribution is 2.35. The quantitative estimate of drug-likeness (QED) is 0.344. The third-order valence-corrected chi connectivity index (χ3v) is 5.18. The van der Waals surface area contributed by atoms with Gasteiger partial charge >= 0.3 is 6.18 Å². The predicted molar refractivity (Wildman–Crippen MR) is 136 cm³/mol. The molecule has 1 amide bonds. The smallest absolute Gasteiger partial charge is 0.370 e. The molecule has 0 aliphatic rings. The number of hydrogen-bond acceptors (Lipinski definition) is 4. The van der Waals surface area contributed by atoms with Crippen LogP contribution in [0.5, 0.6) is 0 Å². The fourth-order valence-corrected chi connectivity index (χ4v) is 3.47. The van der Waals surface area contributed by atoms with Gasteiger partial charge in [-0.3, -0.25) is 4.79 Å². The lowest BCUT2D eigenvalue weighted by atomic mass is 10.1. The number of nitrogens with one attached hydrogen (secondary N) is 2. The molecule has 0 aliphatic carbocycles.